The lowest BCUT2D eigenvalue weighted by atomic mass is 10.1. The summed E-state index contributed by atoms with van der Waals surface area (Å²) in [7, 11) is 0. The number of fused-ring (bicyclic) bond motifs is 1. The van der Waals surface area contributed by atoms with Gasteiger partial charge in [0.25, 0.3) is 5.56 Å². The second-order valence-electron chi connectivity index (χ2n) is 4.09. The highest BCUT2D eigenvalue weighted by atomic mass is 127. The molecule has 3 rings (SSSR count). The van der Waals surface area contributed by atoms with Gasteiger partial charge in [-0.2, -0.15) is 0 Å². The van der Waals surface area contributed by atoms with E-state index in [1.165, 1.54) is 0 Å². The van der Waals surface area contributed by atoms with E-state index < -0.39 is 0 Å². The normalized spacial score (nSPS) is 10.8. The third kappa shape index (κ3) is 2.21. The van der Waals surface area contributed by atoms with Gasteiger partial charge in [0.05, 0.1) is 16.5 Å². The molecule has 1 aromatic heterocycles. The largest absolute Gasteiger partial charge is 0.507 e. The Labute approximate surface area is 122 Å². The summed E-state index contributed by atoms with van der Waals surface area (Å²) in [5.74, 6) is 0.471. The number of halogens is 1. The van der Waals surface area contributed by atoms with E-state index >= 15 is 0 Å². The van der Waals surface area contributed by atoms with Crippen molar-refractivity contribution in [2.45, 2.75) is 0 Å². The molecule has 0 amide bonds. The van der Waals surface area contributed by atoms with Gasteiger partial charge in [0.2, 0.25) is 0 Å². The van der Waals surface area contributed by atoms with E-state index in [1.807, 2.05) is 6.07 Å². The Morgan fingerprint density at radius 3 is 2.79 bits per heavy atom. The van der Waals surface area contributed by atoms with Crippen LogP contribution in [0.15, 0.2) is 47.3 Å². The van der Waals surface area contributed by atoms with E-state index in [-0.39, 0.29) is 11.3 Å². The second kappa shape index (κ2) is 4.65. The predicted octanol–water partition coefficient (Wildman–Crippen LogP) is 2.90. The first-order valence-corrected chi connectivity index (χ1v) is 6.71. The molecule has 19 heavy (non-hydrogen) atoms. The summed E-state index contributed by atoms with van der Waals surface area (Å²) >= 11 is 2.14. The molecular weight excluding hydrogens is 355 g/mol. The molecule has 0 spiro atoms. The minimum atomic E-state index is -0.209. The van der Waals surface area contributed by atoms with Crippen molar-refractivity contribution in [2.24, 2.45) is 0 Å². The van der Waals surface area contributed by atoms with Crippen LogP contribution < -0.4 is 5.56 Å². The smallest absolute Gasteiger partial charge is 0.259 e. The number of hydrogen-bond acceptors (Lipinski definition) is 3. The topological polar surface area (TPSA) is 66.0 Å². The minimum absolute atomic E-state index is 0.0962. The maximum atomic E-state index is 12.0. The van der Waals surface area contributed by atoms with Crippen molar-refractivity contribution in [2.75, 3.05) is 0 Å². The van der Waals surface area contributed by atoms with Crippen LogP contribution in [-0.2, 0) is 0 Å². The van der Waals surface area contributed by atoms with Crippen LogP contribution in [0, 0.1) is 3.57 Å². The van der Waals surface area contributed by atoms with Crippen LogP contribution in [0.2, 0.25) is 0 Å². The van der Waals surface area contributed by atoms with Gasteiger partial charge in [-0.3, -0.25) is 4.79 Å². The van der Waals surface area contributed by atoms with Gasteiger partial charge in [-0.05, 0) is 52.9 Å². The quantitative estimate of drug-likeness (QED) is 0.653. The van der Waals surface area contributed by atoms with Crippen LogP contribution in [0.5, 0.6) is 5.75 Å². The van der Waals surface area contributed by atoms with Crippen molar-refractivity contribution in [3.05, 3.63) is 56.4 Å². The third-order valence-corrected chi connectivity index (χ3v) is 3.50. The molecule has 0 atom stereocenters. The second-order valence-corrected chi connectivity index (χ2v) is 5.34. The highest BCUT2D eigenvalue weighted by Gasteiger charge is 2.09. The molecule has 0 fully saturated rings. The zero-order valence-corrected chi connectivity index (χ0v) is 11.9. The molecular formula is C14H9IN2O2. The summed E-state index contributed by atoms with van der Waals surface area (Å²) in [6.07, 6.45) is 0. The number of phenolic OH excluding ortho intramolecular Hbond substituents is 1. The third-order valence-electron chi connectivity index (χ3n) is 2.83. The van der Waals surface area contributed by atoms with Gasteiger partial charge in [0, 0.05) is 3.57 Å². The van der Waals surface area contributed by atoms with Crippen molar-refractivity contribution in [3.8, 4) is 17.1 Å². The molecule has 1 heterocycles. The van der Waals surface area contributed by atoms with Crippen LogP contribution in [0.3, 0.4) is 0 Å². The number of rotatable bonds is 1. The molecule has 3 aromatic rings. The maximum Gasteiger partial charge on any atom is 0.259 e. The van der Waals surface area contributed by atoms with E-state index in [4.69, 9.17) is 0 Å². The lowest BCUT2D eigenvalue weighted by Gasteiger charge is -2.05. The standard InChI is InChI=1S/C14H9IN2O2/c15-8-5-6-12(18)10(7-8)13-16-11-4-2-1-3-9(11)14(19)17-13/h1-7,18H,(H,16,17,19). The molecule has 0 saturated heterocycles. The van der Waals surface area contributed by atoms with Gasteiger partial charge in [-0.25, -0.2) is 4.98 Å². The summed E-state index contributed by atoms with van der Waals surface area (Å²) in [5.41, 5.74) is 0.924. The monoisotopic (exact) mass is 364 g/mol. The van der Waals surface area contributed by atoms with Crippen molar-refractivity contribution < 1.29 is 5.11 Å². The summed E-state index contributed by atoms with van der Waals surface area (Å²) in [4.78, 5) is 19.1. The number of hydrogen-bond donors (Lipinski definition) is 2. The SMILES string of the molecule is O=c1[nH]c(-c2cc(I)ccc2O)nc2ccccc12. The number of nitrogens with zero attached hydrogens (tertiary/aromatic N) is 1. The number of benzene rings is 2. The molecule has 94 valence electrons. The minimum Gasteiger partial charge on any atom is -0.507 e. The van der Waals surface area contributed by atoms with Gasteiger partial charge < -0.3 is 10.1 Å². The molecule has 2 N–H and O–H groups in total. The van der Waals surface area contributed by atoms with Gasteiger partial charge in [0.15, 0.2) is 0 Å². The van der Waals surface area contributed by atoms with E-state index in [0.717, 1.165) is 3.57 Å². The Hall–Kier alpha value is -1.89. The Morgan fingerprint density at radius 1 is 1.16 bits per heavy atom. The Bertz CT molecular complexity index is 827. The first kappa shape index (κ1) is 12.2. The zero-order chi connectivity index (χ0) is 13.4. The fraction of sp³-hybridized carbons (Fsp3) is 0. The van der Waals surface area contributed by atoms with Crippen LogP contribution in [0.25, 0.3) is 22.3 Å². The number of aromatic amines is 1. The van der Waals surface area contributed by atoms with Crippen LogP contribution in [-0.4, -0.2) is 15.1 Å². The van der Waals surface area contributed by atoms with Gasteiger partial charge >= 0.3 is 0 Å². The van der Waals surface area contributed by atoms with E-state index in [9.17, 15) is 9.90 Å². The molecule has 0 aliphatic rings. The van der Waals surface area contributed by atoms with Gasteiger partial charge in [-0.15, -0.1) is 0 Å². The molecule has 0 radical (unpaired) electrons. The number of aromatic hydroxyl groups is 1. The number of H-pyrrole nitrogens is 1. The van der Waals surface area contributed by atoms with E-state index in [2.05, 4.69) is 32.6 Å². The summed E-state index contributed by atoms with van der Waals surface area (Å²) < 4.78 is 0.959. The summed E-state index contributed by atoms with van der Waals surface area (Å²) in [6.45, 7) is 0. The summed E-state index contributed by atoms with van der Waals surface area (Å²) in [6, 6.07) is 12.3. The lowest BCUT2D eigenvalue weighted by Crippen LogP contribution is -2.09. The highest BCUT2D eigenvalue weighted by Crippen LogP contribution is 2.28. The summed E-state index contributed by atoms with van der Waals surface area (Å²) in [5, 5.41) is 10.4. The molecule has 0 aliphatic carbocycles. The number of phenols is 1. The van der Waals surface area contributed by atoms with Gasteiger partial charge in [0.1, 0.15) is 11.6 Å². The molecule has 5 heteroatoms. The van der Waals surface area contributed by atoms with E-state index in [1.54, 1.807) is 36.4 Å². The number of aromatic nitrogens is 2. The zero-order valence-electron chi connectivity index (χ0n) is 9.72. The van der Waals surface area contributed by atoms with Crippen molar-refractivity contribution in [1.29, 1.82) is 0 Å². The molecule has 2 aromatic carbocycles. The Morgan fingerprint density at radius 2 is 1.95 bits per heavy atom. The molecule has 0 saturated carbocycles. The van der Waals surface area contributed by atoms with Crippen molar-refractivity contribution in [3.63, 3.8) is 0 Å². The van der Waals surface area contributed by atoms with E-state index in [0.29, 0.717) is 22.3 Å². The number of nitrogens with one attached hydrogen (secondary N) is 1. The van der Waals surface area contributed by atoms with Crippen molar-refractivity contribution >= 4 is 33.5 Å². The predicted molar refractivity (Wildman–Crippen MR) is 82.2 cm³/mol. The Kier molecular flexibility index (Phi) is 2.98. The molecule has 0 unspecified atom stereocenters. The van der Waals surface area contributed by atoms with Gasteiger partial charge in [-0.1, -0.05) is 12.1 Å². The molecule has 0 bridgehead atoms. The molecule has 4 nitrogen and oxygen atoms in total. The first-order valence-electron chi connectivity index (χ1n) is 5.63. The maximum absolute atomic E-state index is 12.0. The average molecular weight is 364 g/mol. The molecule has 0 aliphatic heterocycles. The fourth-order valence-electron chi connectivity index (χ4n) is 1.91. The van der Waals surface area contributed by atoms with Crippen LogP contribution >= 0.6 is 22.6 Å². The number of para-hydroxylation sites is 1. The fourth-order valence-corrected chi connectivity index (χ4v) is 2.40. The lowest BCUT2D eigenvalue weighted by molar-refractivity contribution is 0.477. The van der Waals surface area contributed by atoms with Crippen molar-refractivity contribution in [1.82, 2.24) is 9.97 Å². The highest BCUT2D eigenvalue weighted by molar-refractivity contribution is 14.1. The first-order chi connectivity index (χ1) is 9.15. The van der Waals surface area contributed by atoms with Crippen LogP contribution in [0.4, 0.5) is 0 Å². The Balaban J connectivity index is 2.31. The van der Waals surface area contributed by atoms with Crippen LogP contribution in [0.1, 0.15) is 0 Å². The average Bonchev–Trinajstić information content (AvgIpc) is 2.41.